The molecule has 0 aliphatic carbocycles. The van der Waals surface area contributed by atoms with E-state index in [4.69, 9.17) is 9.47 Å². The third-order valence-corrected chi connectivity index (χ3v) is 6.05. The molecule has 1 aromatic rings. The van der Waals surface area contributed by atoms with E-state index in [1.165, 1.54) is 12.1 Å². The maximum atomic E-state index is 13.2. The highest BCUT2D eigenvalue weighted by molar-refractivity contribution is 5.18. The Balaban J connectivity index is 1.58. The molecule has 3 atom stereocenters. The van der Waals surface area contributed by atoms with Crippen LogP contribution >= 0.6 is 0 Å². The zero-order valence-electron chi connectivity index (χ0n) is 16.2. The van der Waals surface area contributed by atoms with Gasteiger partial charge in [-0.3, -0.25) is 0 Å². The molecular formula is C21H32FNO3. The average Bonchev–Trinajstić information content (AvgIpc) is 3.00. The Hall–Kier alpha value is -1.01. The largest absolute Gasteiger partial charge is 0.396 e. The van der Waals surface area contributed by atoms with Gasteiger partial charge in [-0.25, -0.2) is 4.39 Å². The fourth-order valence-corrected chi connectivity index (χ4v) is 4.11. The second-order valence-electron chi connectivity index (χ2n) is 8.63. The maximum absolute atomic E-state index is 13.2. The van der Waals surface area contributed by atoms with Gasteiger partial charge < -0.3 is 19.5 Å². The van der Waals surface area contributed by atoms with Crippen molar-refractivity contribution >= 4 is 0 Å². The molecule has 3 unspecified atom stereocenters. The van der Waals surface area contributed by atoms with E-state index in [2.05, 4.69) is 18.7 Å². The number of aliphatic hydroxyl groups is 1. The topological polar surface area (TPSA) is 41.9 Å². The third-order valence-electron chi connectivity index (χ3n) is 6.05. The number of ether oxygens (including phenoxy) is 2. The molecule has 0 amide bonds. The Kier molecular flexibility index (Phi) is 6.02. The van der Waals surface area contributed by atoms with Gasteiger partial charge in [-0.1, -0.05) is 26.0 Å². The zero-order chi connectivity index (χ0) is 18.8. The second kappa shape index (κ2) is 7.93. The molecule has 146 valence electrons. The molecular weight excluding hydrogens is 333 g/mol. The quantitative estimate of drug-likeness (QED) is 0.840. The minimum absolute atomic E-state index is 0.0462. The van der Waals surface area contributed by atoms with Gasteiger partial charge in [-0.15, -0.1) is 0 Å². The summed E-state index contributed by atoms with van der Waals surface area (Å²) in [6.07, 6.45) is 3.04. The van der Waals surface area contributed by atoms with E-state index >= 15 is 0 Å². The van der Waals surface area contributed by atoms with Crippen molar-refractivity contribution in [1.29, 1.82) is 0 Å². The van der Waals surface area contributed by atoms with E-state index in [9.17, 15) is 9.50 Å². The van der Waals surface area contributed by atoms with Crippen molar-refractivity contribution in [3.63, 3.8) is 0 Å². The summed E-state index contributed by atoms with van der Waals surface area (Å²) in [6.45, 7) is 9.99. The van der Waals surface area contributed by atoms with Crippen molar-refractivity contribution in [1.82, 2.24) is 4.90 Å². The number of hydrogen-bond donors (Lipinski definition) is 1. The van der Waals surface area contributed by atoms with Crippen molar-refractivity contribution in [2.45, 2.75) is 51.9 Å². The first-order chi connectivity index (χ1) is 12.3. The lowest BCUT2D eigenvalue weighted by Gasteiger charge is -2.40. The fraction of sp³-hybridized carbons (Fsp3) is 0.714. The van der Waals surface area contributed by atoms with Gasteiger partial charge in [0.1, 0.15) is 5.82 Å². The minimum Gasteiger partial charge on any atom is -0.396 e. The van der Waals surface area contributed by atoms with Crippen LogP contribution < -0.4 is 0 Å². The van der Waals surface area contributed by atoms with Crippen LogP contribution in [0.25, 0.3) is 0 Å². The lowest BCUT2D eigenvalue weighted by atomic mass is 9.78. The number of nitrogens with zero attached hydrogens (tertiary/aromatic N) is 1. The number of benzene rings is 1. The van der Waals surface area contributed by atoms with Gasteiger partial charge >= 0.3 is 0 Å². The molecule has 2 heterocycles. The second-order valence-corrected chi connectivity index (χ2v) is 8.63. The van der Waals surface area contributed by atoms with E-state index < -0.39 is 5.79 Å². The molecule has 0 bridgehead atoms. The first-order valence-corrected chi connectivity index (χ1v) is 9.71. The van der Waals surface area contributed by atoms with Crippen LogP contribution in [0.1, 0.15) is 39.2 Å². The van der Waals surface area contributed by atoms with Crippen molar-refractivity contribution in [2.24, 2.45) is 11.3 Å². The highest BCUT2D eigenvalue weighted by atomic mass is 19.1. The molecule has 3 rings (SSSR count). The number of rotatable bonds is 6. The molecule has 0 aromatic heterocycles. The summed E-state index contributed by atoms with van der Waals surface area (Å²) in [4.78, 5) is 2.39. The summed E-state index contributed by atoms with van der Waals surface area (Å²) >= 11 is 0. The van der Waals surface area contributed by atoms with E-state index in [1.807, 2.05) is 19.1 Å². The molecule has 0 radical (unpaired) electrons. The monoisotopic (exact) mass is 365 g/mol. The standard InChI is InChI=1S/C21H32FNO3/c1-20(2,11-16-6-8-18(22)9-7-16)21(3)25-15-19(26-21)13-23-10-4-5-17(12-23)14-24/h6-9,17,19,24H,4-5,10-15H2,1-3H3. The van der Waals surface area contributed by atoms with Crippen LogP contribution in [0, 0.1) is 17.2 Å². The maximum Gasteiger partial charge on any atom is 0.171 e. The van der Waals surface area contributed by atoms with Gasteiger partial charge in [0.15, 0.2) is 5.79 Å². The molecule has 2 fully saturated rings. The van der Waals surface area contributed by atoms with Crippen LogP contribution in [0.4, 0.5) is 4.39 Å². The van der Waals surface area contributed by atoms with Crippen LogP contribution in [0.5, 0.6) is 0 Å². The molecule has 0 saturated carbocycles. The van der Waals surface area contributed by atoms with Crippen molar-refractivity contribution < 1.29 is 19.0 Å². The van der Waals surface area contributed by atoms with Gasteiger partial charge in [0, 0.05) is 25.1 Å². The van der Waals surface area contributed by atoms with E-state index in [-0.39, 0.29) is 23.9 Å². The molecule has 1 aromatic carbocycles. The molecule has 2 aliphatic rings. The van der Waals surface area contributed by atoms with Crippen LogP contribution in [0.15, 0.2) is 24.3 Å². The molecule has 26 heavy (non-hydrogen) atoms. The van der Waals surface area contributed by atoms with Crippen LogP contribution in [0.2, 0.25) is 0 Å². The SMILES string of the molecule is CC(C)(Cc1ccc(F)cc1)C1(C)OCC(CN2CCCC(CO)C2)O1. The summed E-state index contributed by atoms with van der Waals surface area (Å²) < 4.78 is 25.7. The predicted octanol–water partition coefficient (Wildman–Crippen LogP) is 3.23. The van der Waals surface area contributed by atoms with Crippen molar-refractivity contribution in [3.8, 4) is 0 Å². The Morgan fingerprint density at radius 1 is 1.31 bits per heavy atom. The van der Waals surface area contributed by atoms with Gasteiger partial charge in [-0.05, 0) is 56.3 Å². The van der Waals surface area contributed by atoms with E-state index in [1.54, 1.807) is 0 Å². The first-order valence-electron chi connectivity index (χ1n) is 9.71. The van der Waals surface area contributed by atoms with Crippen molar-refractivity contribution in [3.05, 3.63) is 35.6 Å². The number of halogens is 1. The van der Waals surface area contributed by atoms with E-state index in [0.717, 1.165) is 44.5 Å². The van der Waals surface area contributed by atoms with Gasteiger partial charge in [0.05, 0.1) is 12.7 Å². The number of hydrogen-bond acceptors (Lipinski definition) is 4. The number of piperidine rings is 1. The summed E-state index contributed by atoms with van der Waals surface area (Å²) in [6, 6.07) is 6.66. The van der Waals surface area contributed by atoms with E-state index in [0.29, 0.717) is 12.5 Å². The van der Waals surface area contributed by atoms with Gasteiger partial charge in [0.2, 0.25) is 0 Å². The first kappa shape index (κ1) is 19.7. The number of likely N-dealkylation sites (tertiary alicyclic amines) is 1. The summed E-state index contributed by atoms with van der Waals surface area (Å²) in [5.41, 5.74) is 0.838. The van der Waals surface area contributed by atoms with Crippen LogP contribution in [-0.2, 0) is 15.9 Å². The molecule has 2 saturated heterocycles. The van der Waals surface area contributed by atoms with Gasteiger partial charge in [-0.2, -0.15) is 0 Å². The fourth-order valence-electron chi connectivity index (χ4n) is 4.11. The molecule has 1 N–H and O–H groups in total. The third kappa shape index (κ3) is 4.45. The Bertz CT molecular complexity index is 591. The Morgan fingerprint density at radius 3 is 2.73 bits per heavy atom. The van der Waals surface area contributed by atoms with Gasteiger partial charge in [0.25, 0.3) is 0 Å². The average molecular weight is 365 g/mol. The van der Waals surface area contributed by atoms with Crippen molar-refractivity contribution in [2.75, 3.05) is 32.8 Å². The zero-order valence-corrected chi connectivity index (χ0v) is 16.2. The predicted molar refractivity (Wildman–Crippen MR) is 99.4 cm³/mol. The number of aliphatic hydroxyl groups excluding tert-OH is 1. The summed E-state index contributed by atoms with van der Waals surface area (Å²) in [7, 11) is 0. The molecule has 4 nitrogen and oxygen atoms in total. The summed E-state index contributed by atoms with van der Waals surface area (Å²) in [5.74, 6) is -0.501. The van der Waals surface area contributed by atoms with Crippen LogP contribution in [-0.4, -0.2) is 54.7 Å². The highest BCUT2D eigenvalue weighted by Gasteiger charge is 2.49. The smallest absolute Gasteiger partial charge is 0.171 e. The van der Waals surface area contributed by atoms with Crippen LogP contribution in [0.3, 0.4) is 0 Å². The summed E-state index contributed by atoms with van der Waals surface area (Å²) in [5, 5.41) is 9.41. The highest BCUT2D eigenvalue weighted by Crippen LogP contribution is 2.42. The molecule has 5 heteroatoms. The lowest BCUT2D eigenvalue weighted by molar-refractivity contribution is -0.224. The molecule has 0 spiro atoms. The minimum atomic E-state index is -0.668. The normalized spacial score (nSPS) is 30.7. The Labute approximate surface area is 156 Å². The lowest BCUT2D eigenvalue weighted by Crippen LogP contribution is -2.46. The molecule has 2 aliphatic heterocycles. The Morgan fingerprint density at radius 2 is 2.04 bits per heavy atom.